The van der Waals surface area contributed by atoms with Crippen molar-refractivity contribution in [1.82, 2.24) is 10.3 Å². The lowest BCUT2D eigenvalue weighted by Gasteiger charge is -2.33. The average molecular weight is 500 g/mol. The molecule has 7 heteroatoms. The van der Waals surface area contributed by atoms with Gasteiger partial charge in [0.05, 0.1) is 6.61 Å². The van der Waals surface area contributed by atoms with Crippen molar-refractivity contribution in [3.63, 3.8) is 0 Å². The number of carbonyl (C=O) groups excluding carboxylic acids is 3. The molecule has 1 saturated carbocycles. The summed E-state index contributed by atoms with van der Waals surface area (Å²) in [6.07, 6.45) is 6.67. The Labute approximate surface area is 217 Å². The second kappa shape index (κ2) is 12.3. The molecule has 7 nitrogen and oxygen atoms in total. The van der Waals surface area contributed by atoms with Gasteiger partial charge in [-0.15, -0.1) is 0 Å². The molecule has 1 atom stereocenters. The van der Waals surface area contributed by atoms with Crippen LogP contribution in [0.15, 0.2) is 72.9 Å². The third-order valence-corrected chi connectivity index (χ3v) is 6.60. The van der Waals surface area contributed by atoms with Gasteiger partial charge in [-0.3, -0.25) is 24.3 Å². The summed E-state index contributed by atoms with van der Waals surface area (Å²) in [5.74, 6) is -0.150. The zero-order valence-electron chi connectivity index (χ0n) is 21.4. The molecular formula is C30H33N3O4. The molecule has 0 aliphatic heterocycles. The summed E-state index contributed by atoms with van der Waals surface area (Å²) in [5, 5.41) is 3.20. The van der Waals surface area contributed by atoms with Crippen LogP contribution in [0.2, 0.25) is 0 Å². The number of hydrogen-bond acceptors (Lipinski definition) is 5. The molecule has 1 aliphatic rings. The molecule has 0 radical (unpaired) electrons. The minimum absolute atomic E-state index is 0.0572. The van der Waals surface area contributed by atoms with E-state index in [1.807, 2.05) is 19.1 Å². The third-order valence-electron chi connectivity index (χ3n) is 6.60. The van der Waals surface area contributed by atoms with Crippen LogP contribution in [-0.2, 0) is 4.79 Å². The Morgan fingerprint density at radius 1 is 1.00 bits per heavy atom. The first kappa shape index (κ1) is 26.1. The second-order valence-electron chi connectivity index (χ2n) is 9.24. The number of anilines is 1. The number of amides is 2. The molecular weight excluding hydrogens is 466 g/mol. The summed E-state index contributed by atoms with van der Waals surface area (Å²) >= 11 is 0. The van der Waals surface area contributed by atoms with E-state index in [2.05, 4.69) is 10.3 Å². The van der Waals surface area contributed by atoms with Gasteiger partial charge in [0.2, 0.25) is 5.91 Å². The van der Waals surface area contributed by atoms with Gasteiger partial charge >= 0.3 is 0 Å². The van der Waals surface area contributed by atoms with Crippen LogP contribution < -0.4 is 15.0 Å². The van der Waals surface area contributed by atoms with E-state index in [-0.39, 0.29) is 23.4 Å². The molecule has 0 bridgehead atoms. The van der Waals surface area contributed by atoms with E-state index < -0.39 is 11.9 Å². The van der Waals surface area contributed by atoms with E-state index in [9.17, 15) is 14.4 Å². The Balaban J connectivity index is 1.82. The minimum atomic E-state index is -0.977. The van der Waals surface area contributed by atoms with Gasteiger partial charge in [0.15, 0.2) is 5.78 Å². The number of nitrogens with one attached hydrogen (secondary N) is 1. The number of ether oxygens (including phenoxy) is 1. The van der Waals surface area contributed by atoms with Crippen LogP contribution in [0, 0.1) is 0 Å². The van der Waals surface area contributed by atoms with Gasteiger partial charge < -0.3 is 10.1 Å². The predicted octanol–water partition coefficient (Wildman–Crippen LogP) is 5.52. The summed E-state index contributed by atoms with van der Waals surface area (Å²) in [7, 11) is 0. The first-order valence-corrected chi connectivity index (χ1v) is 12.9. The number of Topliss-reactive ketones (excluding diaryl/α,β-unsaturated/α-hetero) is 1. The van der Waals surface area contributed by atoms with Crippen LogP contribution in [0.5, 0.6) is 5.75 Å². The zero-order chi connectivity index (χ0) is 26.2. The van der Waals surface area contributed by atoms with Crippen LogP contribution in [0.1, 0.15) is 78.4 Å². The second-order valence-corrected chi connectivity index (χ2v) is 9.24. The number of carbonyl (C=O) groups is 3. The maximum Gasteiger partial charge on any atom is 0.277 e. The normalized spacial score (nSPS) is 14.4. The highest BCUT2D eigenvalue weighted by atomic mass is 16.5. The predicted molar refractivity (Wildman–Crippen MR) is 143 cm³/mol. The van der Waals surface area contributed by atoms with Crippen LogP contribution in [0.3, 0.4) is 0 Å². The Hall–Kier alpha value is -4.00. The zero-order valence-corrected chi connectivity index (χ0v) is 21.4. The molecule has 192 valence electrons. The molecule has 0 unspecified atom stereocenters. The van der Waals surface area contributed by atoms with E-state index >= 15 is 0 Å². The Morgan fingerprint density at radius 2 is 1.76 bits per heavy atom. The standard InChI is InChI=1S/C30H33N3O4/c1-3-37-26-17-15-22(16-18-26)28(29(35)32-24-11-5-4-6-12-24)33(30(36)27-14-7-8-19-31-27)25-13-9-10-23(20-25)21(2)34/h7-10,13-20,24,28H,3-6,11-12H2,1-2H3,(H,32,35)/t28-/m1/s1. The smallest absolute Gasteiger partial charge is 0.277 e. The molecule has 3 aromatic rings. The van der Waals surface area contributed by atoms with E-state index in [1.54, 1.807) is 60.8 Å². The van der Waals surface area contributed by atoms with Crippen molar-refractivity contribution in [1.29, 1.82) is 0 Å². The number of hydrogen-bond donors (Lipinski definition) is 1. The number of nitrogens with zero attached hydrogens (tertiary/aromatic N) is 2. The van der Waals surface area contributed by atoms with Crippen molar-refractivity contribution in [2.45, 2.75) is 58.0 Å². The van der Waals surface area contributed by atoms with E-state index in [1.165, 1.54) is 11.8 Å². The number of ketones is 1. The topological polar surface area (TPSA) is 88.6 Å². The van der Waals surface area contributed by atoms with Crippen molar-refractivity contribution in [3.05, 3.63) is 89.7 Å². The lowest BCUT2D eigenvalue weighted by atomic mass is 9.94. The van der Waals surface area contributed by atoms with Gasteiger partial charge in [0, 0.05) is 23.5 Å². The van der Waals surface area contributed by atoms with Crippen LogP contribution in [0.4, 0.5) is 5.69 Å². The molecule has 1 fully saturated rings. The van der Waals surface area contributed by atoms with Crippen molar-refractivity contribution < 1.29 is 19.1 Å². The molecule has 2 aromatic carbocycles. The van der Waals surface area contributed by atoms with Gasteiger partial charge in [-0.05, 0) is 68.7 Å². The molecule has 2 amide bonds. The van der Waals surface area contributed by atoms with E-state index in [0.717, 1.165) is 32.1 Å². The van der Waals surface area contributed by atoms with Gasteiger partial charge in [0.1, 0.15) is 17.5 Å². The van der Waals surface area contributed by atoms with Crippen molar-refractivity contribution in [3.8, 4) is 5.75 Å². The highest BCUT2D eigenvalue weighted by Crippen LogP contribution is 2.32. The summed E-state index contributed by atoms with van der Waals surface area (Å²) in [4.78, 5) is 45.8. The molecule has 0 spiro atoms. The van der Waals surface area contributed by atoms with Crippen LogP contribution in [-0.4, -0.2) is 35.2 Å². The first-order valence-electron chi connectivity index (χ1n) is 12.9. The van der Waals surface area contributed by atoms with E-state index in [0.29, 0.717) is 29.2 Å². The van der Waals surface area contributed by atoms with Crippen LogP contribution in [0.25, 0.3) is 0 Å². The minimum Gasteiger partial charge on any atom is -0.494 e. The molecule has 1 heterocycles. The summed E-state index contributed by atoms with van der Waals surface area (Å²) in [6, 6.07) is 18.2. The largest absolute Gasteiger partial charge is 0.494 e. The Kier molecular flexibility index (Phi) is 8.67. The van der Waals surface area contributed by atoms with Gasteiger partial charge in [0.25, 0.3) is 5.91 Å². The molecule has 0 saturated heterocycles. The number of pyridine rings is 1. The Bertz CT molecular complexity index is 1220. The molecule has 1 aromatic heterocycles. The summed E-state index contributed by atoms with van der Waals surface area (Å²) in [6.45, 7) is 3.90. The van der Waals surface area contributed by atoms with Crippen LogP contribution >= 0.6 is 0 Å². The fraction of sp³-hybridized carbons (Fsp3) is 0.333. The lowest BCUT2D eigenvalue weighted by Crippen LogP contribution is -2.47. The van der Waals surface area contributed by atoms with Gasteiger partial charge in [-0.25, -0.2) is 0 Å². The van der Waals surface area contributed by atoms with Crippen molar-refractivity contribution >= 4 is 23.3 Å². The highest BCUT2D eigenvalue weighted by molar-refractivity contribution is 6.09. The SMILES string of the molecule is CCOc1ccc([C@H](C(=O)NC2CCCCC2)N(C(=O)c2ccccn2)c2cccc(C(C)=O)c2)cc1. The number of aromatic nitrogens is 1. The summed E-state index contributed by atoms with van der Waals surface area (Å²) in [5.41, 5.74) is 1.74. The van der Waals surface area contributed by atoms with E-state index in [4.69, 9.17) is 4.74 Å². The Morgan fingerprint density at radius 3 is 2.41 bits per heavy atom. The maximum atomic E-state index is 14.0. The van der Waals surface area contributed by atoms with Gasteiger partial charge in [-0.1, -0.05) is 49.6 Å². The molecule has 1 aliphatic carbocycles. The van der Waals surface area contributed by atoms with Crippen molar-refractivity contribution in [2.75, 3.05) is 11.5 Å². The fourth-order valence-electron chi connectivity index (χ4n) is 4.73. The fourth-order valence-corrected chi connectivity index (χ4v) is 4.73. The molecule has 37 heavy (non-hydrogen) atoms. The third kappa shape index (κ3) is 6.42. The molecule has 1 N–H and O–H groups in total. The first-order chi connectivity index (χ1) is 18.0. The summed E-state index contributed by atoms with van der Waals surface area (Å²) < 4.78 is 5.60. The monoisotopic (exact) mass is 499 g/mol. The quantitative estimate of drug-likeness (QED) is 0.392. The number of benzene rings is 2. The van der Waals surface area contributed by atoms with Gasteiger partial charge in [-0.2, -0.15) is 0 Å². The highest BCUT2D eigenvalue weighted by Gasteiger charge is 2.35. The molecule has 4 rings (SSSR count). The van der Waals surface area contributed by atoms with Crippen molar-refractivity contribution in [2.24, 2.45) is 0 Å². The number of rotatable bonds is 9. The average Bonchev–Trinajstić information content (AvgIpc) is 2.93. The lowest BCUT2D eigenvalue weighted by molar-refractivity contribution is -0.123. The maximum absolute atomic E-state index is 14.0.